The normalized spacial score (nSPS) is 18.5. The molecular formula is C33H35N5O4S2. The first-order valence-electron chi connectivity index (χ1n) is 14.8. The van der Waals surface area contributed by atoms with Crippen LogP contribution < -0.4 is 9.64 Å². The molecule has 3 aromatic heterocycles. The van der Waals surface area contributed by atoms with Gasteiger partial charge in [0, 0.05) is 37.3 Å². The fourth-order valence-electron chi connectivity index (χ4n) is 6.45. The standard InChI is InChI=1S/C33H35N5O4S2/c1-33(2,3)42-32(39)38-20-10-11-21(38)17-37(16-20)29-26-24-12-13-34-27(28(24)44-30(26)36-31(35-29)43-5)25-15-22(41-18-40-4)14-19-8-6-7-9-23(19)25/h6-9,12-15,20-21H,10-11,16-18H2,1-5H3. The van der Waals surface area contributed by atoms with Crippen LogP contribution in [0.2, 0.25) is 0 Å². The van der Waals surface area contributed by atoms with E-state index < -0.39 is 5.60 Å². The van der Waals surface area contributed by atoms with Gasteiger partial charge in [-0.05, 0) is 68.8 Å². The molecule has 2 unspecified atom stereocenters. The second kappa shape index (κ2) is 11.4. The Labute approximate surface area is 264 Å². The third-order valence-electron chi connectivity index (χ3n) is 8.21. The number of hydrogen-bond donors (Lipinski definition) is 0. The largest absolute Gasteiger partial charge is 0.468 e. The van der Waals surface area contributed by atoms with E-state index in [1.165, 1.54) is 0 Å². The van der Waals surface area contributed by atoms with Crippen molar-refractivity contribution < 1.29 is 19.0 Å². The SMILES string of the molecule is COCOc1cc(-c2nccc3c2sc2nc(SC)nc(N4CC5CCC(C4)N5C(=O)OC(C)(C)C)c23)c2ccccc2c1. The number of amides is 1. The lowest BCUT2D eigenvalue weighted by Gasteiger charge is -2.42. The molecule has 228 valence electrons. The van der Waals surface area contributed by atoms with Gasteiger partial charge in [-0.1, -0.05) is 36.0 Å². The predicted octanol–water partition coefficient (Wildman–Crippen LogP) is 7.35. The van der Waals surface area contributed by atoms with Gasteiger partial charge in [-0.15, -0.1) is 11.3 Å². The van der Waals surface area contributed by atoms with Gasteiger partial charge >= 0.3 is 6.09 Å². The molecule has 0 aliphatic carbocycles. The summed E-state index contributed by atoms with van der Waals surface area (Å²) in [7, 11) is 1.62. The topological polar surface area (TPSA) is 89.9 Å². The Morgan fingerprint density at radius 1 is 1.07 bits per heavy atom. The fourth-order valence-corrected chi connectivity index (χ4v) is 8.04. The van der Waals surface area contributed by atoms with Crippen molar-refractivity contribution in [2.24, 2.45) is 0 Å². The molecule has 0 spiro atoms. The lowest BCUT2D eigenvalue weighted by molar-refractivity contribution is 0.0123. The molecule has 0 saturated carbocycles. The van der Waals surface area contributed by atoms with Gasteiger partial charge in [-0.25, -0.2) is 14.8 Å². The molecule has 1 amide bonds. The van der Waals surface area contributed by atoms with Gasteiger partial charge in [0.2, 0.25) is 0 Å². The number of thioether (sulfide) groups is 1. The van der Waals surface area contributed by atoms with Gasteiger partial charge in [0.25, 0.3) is 0 Å². The first-order valence-corrected chi connectivity index (χ1v) is 16.8. The Kier molecular flexibility index (Phi) is 7.50. The highest BCUT2D eigenvalue weighted by Crippen LogP contribution is 2.45. The number of ether oxygens (including phenoxy) is 3. The number of pyridine rings is 1. The van der Waals surface area contributed by atoms with Crippen LogP contribution in [-0.2, 0) is 9.47 Å². The minimum atomic E-state index is -0.526. The third kappa shape index (κ3) is 5.20. The molecule has 44 heavy (non-hydrogen) atoms. The third-order valence-corrected chi connectivity index (χ3v) is 9.87. The van der Waals surface area contributed by atoms with Crippen LogP contribution >= 0.6 is 23.1 Å². The van der Waals surface area contributed by atoms with Gasteiger partial charge < -0.3 is 19.1 Å². The molecule has 2 fully saturated rings. The van der Waals surface area contributed by atoms with Crippen LogP contribution in [0.5, 0.6) is 5.75 Å². The summed E-state index contributed by atoms with van der Waals surface area (Å²) in [6.07, 6.45) is 5.57. The first kappa shape index (κ1) is 29.1. The molecule has 2 saturated heterocycles. The number of aromatic nitrogens is 3. The second-order valence-corrected chi connectivity index (χ2v) is 14.0. The summed E-state index contributed by atoms with van der Waals surface area (Å²) < 4.78 is 17.9. The minimum Gasteiger partial charge on any atom is -0.468 e. The average molecular weight is 630 g/mol. The van der Waals surface area contributed by atoms with Crippen LogP contribution in [0.25, 0.3) is 42.3 Å². The molecule has 5 aromatic rings. The van der Waals surface area contributed by atoms with Crippen LogP contribution in [-0.4, -0.2) is 76.9 Å². The van der Waals surface area contributed by atoms with E-state index in [-0.39, 0.29) is 25.0 Å². The van der Waals surface area contributed by atoms with Gasteiger partial charge in [-0.2, -0.15) is 0 Å². The van der Waals surface area contributed by atoms with Crippen molar-refractivity contribution in [2.45, 2.75) is 56.5 Å². The van der Waals surface area contributed by atoms with Crippen LogP contribution in [0.1, 0.15) is 33.6 Å². The van der Waals surface area contributed by atoms with E-state index in [9.17, 15) is 4.79 Å². The van der Waals surface area contributed by atoms with Crippen molar-refractivity contribution >= 4 is 66.1 Å². The molecule has 2 aliphatic rings. The first-order chi connectivity index (χ1) is 21.2. The molecule has 2 aromatic carbocycles. The Bertz CT molecular complexity index is 1870. The number of thiophene rings is 1. The Morgan fingerprint density at radius 3 is 2.57 bits per heavy atom. The van der Waals surface area contributed by atoms with Gasteiger partial charge in [0.05, 0.1) is 27.9 Å². The van der Waals surface area contributed by atoms with E-state index in [0.29, 0.717) is 13.1 Å². The van der Waals surface area contributed by atoms with Crippen LogP contribution in [0.4, 0.5) is 10.6 Å². The Morgan fingerprint density at radius 2 is 1.84 bits per heavy atom. The van der Waals surface area contributed by atoms with Crippen molar-refractivity contribution in [1.29, 1.82) is 0 Å². The number of nitrogens with zero attached hydrogens (tertiary/aromatic N) is 5. The van der Waals surface area contributed by atoms with Crippen molar-refractivity contribution in [3.8, 4) is 17.0 Å². The molecule has 7 rings (SSSR count). The second-order valence-electron chi connectivity index (χ2n) is 12.3. The number of carbonyl (C=O) groups excluding carboxylic acids is 1. The number of piperazine rings is 1. The van der Waals surface area contributed by atoms with Crippen LogP contribution in [0.15, 0.2) is 53.8 Å². The molecule has 2 aliphatic heterocycles. The van der Waals surface area contributed by atoms with E-state index >= 15 is 0 Å². The average Bonchev–Trinajstić information content (AvgIpc) is 3.52. The summed E-state index contributed by atoms with van der Waals surface area (Å²) in [5.41, 5.74) is 1.35. The minimum absolute atomic E-state index is 0.0784. The lowest BCUT2D eigenvalue weighted by atomic mass is 10.00. The highest BCUT2D eigenvalue weighted by molar-refractivity contribution is 7.98. The molecule has 0 N–H and O–H groups in total. The molecule has 5 heterocycles. The maximum absolute atomic E-state index is 13.1. The van der Waals surface area contributed by atoms with Gasteiger partial charge in [-0.3, -0.25) is 9.88 Å². The number of benzene rings is 2. The van der Waals surface area contributed by atoms with Crippen molar-refractivity contribution in [3.05, 3.63) is 48.7 Å². The van der Waals surface area contributed by atoms with E-state index in [2.05, 4.69) is 23.1 Å². The smallest absolute Gasteiger partial charge is 0.410 e. The molecule has 11 heteroatoms. The highest BCUT2D eigenvalue weighted by atomic mass is 32.2. The summed E-state index contributed by atoms with van der Waals surface area (Å²) >= 11 is 3.19. The maximum Gasteiger partial charge on any atom is 0.410 e. The summed E-state index contributed by atoms with van der Waals surface area (Å²) in [5, 5.41) is 5.01. The number of carbonyl (C=O) groups is 1. The number of anilines is 1. The van der Waals surface area contributed by atoms with E-state index in [1.54, 1.807) is 30.2 Å². The van der Waals surface area contributed by atoms with Crippen molar-refractivity contribution in [2.75, 3.05) is 38.1 Å². The fraction of sp³-hybridized carbons (Fsp3) is 0.394. The van der Waals surface area contributed by atoms with E-state index in [0.717, 1.165) is 71.9 Å². The summed E-state index contributed by atoms with van der Waals surface area (Å²) in [5.74, 6) is 1.65. The predicted molar refractivity (Wildman–Crippen MR) is 177 cm³/mol. The summed E-state index contributed by atoms with van der Waals surface area (Å²) in [6.45, 7) is 7.32. The number of hydrogen-bond acceptors (Lipinski definition) is 10. The molecule has 0 radical (unpaired) electrons. The van der Waals surface area contributed by atoms with Crippen molar-refractivity contribution in [1.82, 2.24) is 19.9 Å². The van der Waals surface area contributed by atoms with Crippen molar-refractivity contribution in [3.63, 3.8) is 0 Å². The lowest BCUT2D eigenvalue weighted by Crippen LogP contribution is -2.57. The van der Waals surface area contributed by atoms with E-state index in [1.807, 2.05) is 62.4 Å². The summed E-state index contributed by atoms with van der Waals surface area (Å²) in [4.78, 5) is 33.4. The molecule has 2 atom stereocenters. The maximum atomic E-state index is 13.1. The molecular weight excluding hydrogens is 595 g/mol. The van der Waals surface area contributed by atoms with Crippen LogP contribution in [0.3, 0.4) is 0 Å². The van der Waals surface area contributed by atoms with Crippen LogP contribution in [0, 0.1) is 0 Å². The number of rotatable bonds is 6. The zero-order chi connectivity index (χ0) is 30.6. The summed E-state index contributed by atoms with van der Waals surface area (Å²) in [6, 6.07) is 14.6. The number of fused-ring (bicyclic) bond motifs is 6. The zero-order valence-electron chi connectivity index (χ0n) is 25.5. The molecule has 9 nitrogen and oxygen atoms in total. The Hall–Kier alpha value is -3.67. The van der Waals surface area contributed by atoms with Gasteiger partial charge in [0.1, 0.15) is 22.0 Å². The Balaban J connectivity index is 1.34. The number of methoxy groups -OCH3 is 1. The highest BCUT2D eigenvalue weighted by Gasteiger charge is 2.45. The van der Waals surface area contributed by atoms with Gasteiger partial charge in [0.15, 0.2) is 11.9 Å². The molecule has 2 bridgehead atoms. The van der Waals surface area contributed by atoms with E-state index in [4.69, 9.17) is 29.2 Å². The monoisotopic (exact) mass is 629 g/mol. The zero-order valence-corrected chi connectivity index (χ0v) is 27.1. The quantitative estimate of drug-likeness (QED) is 0.109.